The van der Waals surface area contributed by atoms with Crippen LogP contribution in [0.4, 0.5) is 0 Å². The maximum absolute atomic E-state index is 6.65. The molecule has 0 unspecified atom stereocenters. The standard InChI is InChI=1S/2C10H18Cl2Si/c2*11-13(12,9-5-1-2-6-9)10-7-3-4-8-10/h2*9-10H,1-8H2. The lowest BCUT2D eigenvalue weighted by Gasteiger charge is -2.29. The highest BCUT2D eigenvalue weighted by Crippen LogP contribution is 2.54. The fraction of sp³-hybridized carbons (Fsp3) is 1.00. The zero-order valence-corrected chi connectivity index (χ0v) is 21.2. The van der Waals surface area contributed by atoms with E-state index in [0.717, 1.165) is 22.2 Å². The van der Waals surface area contributed by atoms with Gasteiger partial charge in [-0.15, -0.1) is 44.3 Å². The van der Waals surface area contributed by atoms with Crippen LogP contribution in [0.15, 0.2) is 0 Å². The predicted octanol–water partition coefficient (Wildman–Crippen LogP) is 9.59. The van der Waals surface area contributed by atoms with Gasteiger partial charge in [-0.1, -0.05) is 103 Å². The first-order valence-electron chi connectivity index (χ1n) is 11.2. The Morgan fingerprint density at radius 1 is 0.346 bits per heavy atom. The van der Waals surface area contributed by atoms with Crippen LogP contribution in [0.3, 0.4) is 0 Å². The molecule has 4 aliphatic carbocycles. The molecule has 0 aromatic carbocycles. The van der Waals surface area contributed by atoms with Crippen molar-refractivity contribution in [2.75, 3.05) is 0 Å². The van der Waals surface area contributed by atoms with E-state index in [0.29, 0.717) is 0 Å². The monoisotopic (exact) mass is 472 g/mol. The third-order valence-electron chi connectivity index (χ3n) is 7.60. The molecule has 152 valence electrons. The van der Waals surface area contributed by atoms with Gasteiger partial charge in [-0.25, -0.2) is 0 Å². The molecule has 0 nitrogen and oxygen atoms in total. The maximum Gasteiger partial charge on any atom is 0.257 e. The topological polar surface area (TPSA) is 0 Å². The molecule has 0 saturated heterocycles. The molecule has 0 aliphatic heterocycles. The molecule has 0 N–H and O–H groups in total. The molecule has 6 heteroatoms. The van der Waals surface area contributed by atoms with Crippen molar-refractivity contribution in [2.45, 2.75) is 125 Å². The van der Waals surface area contributed by atoms with E-state index in [2.05, 4.69) is 0 Å². The first-order chi connectivity index (χ1) is 12.4. The minimum absolute atomic E-state index is 0.721. The minimum atomic E-state index is -1.89. The molecular formula is C20H36Cl4Si2. The molecule has 0 bridgehead atoms. The lowest BCUT2D eigenvalue weighted by atomic mass is 10.3. The van der Waals surface area contributed by atoms with Crippen molar-refractivity contribution in [3.05, 3.63) is 0 Å². The van der Waals surface area contributed by atoms with E-state index in [1.807, 2.05) is 0 Å². The molecule has 4 fully saturated rings. The van der Waals surface area contributed by atoms with Crippen LogP contribution in [0.1, 0.15) is 103 Å². The van der Waals surface area contributed by atoms with Crippen molar-refractivity contribution in [1.29, 1.82) is 0 Å². The van der Waals surface area contributed by atoms with Crippen molar-refractivity contribution < 1.29 is 0 Å². The molecule has 4 rings (SSSR count). The lowest BCUT2D eigenvalue weighted by Crippen LogP contribution is -2.30. The van der Waals surface area contributed by atoms with Gasteiger partial charge in [0, 0.05) is 0 Å². The molecular weight excluding hydrogens is 438 g/mol. The lowest BCUT2D eigenvalue weighted by molar-refractivity contribution is 0.781. The summed E-state index contributed by atoms with van der Waals surface area (Å²) in [6.45, 7) is -3.79. The van der Waals surface area contributed by atoms with Gasteiger partial charge in [0.2, 0.25) is 0 Å². The van der Waals surface area contributed by atoms with E-state index in [-0.39, 0.29) is 0 Å². The summed E-state index contributed by atoms with van der Waals surface area (Å²) in [6, 6.07) is 0. The largest absolute Gasteiger partial charge is 0.257 e. The van der Waals surface area contributed by atoms with Crippen LogP contribution in [0.5, 0.6) is 0 Å². The first-order valence-corrected chi connectivity index (χ1v) is 19.5. The van der Waals surface area contributed by atoms with Crippen LogP contribution in [0.25, 0.3) is 0 Å². The predicted molar refractivity (Wildman–Crippen MR) is 124 cm³/mol. The Hall–Kier alpha value is 1.59. The molecule has 0 aromatic heterocycles. The Kier molecular flexibility index (Phi) is 8.63. The van der Waals surface area contributed by atoms with Crippen molar-refractivity contribution in [3.8, 4) is 0 Å². The molecule has 0 atom stereocenters. The van der Waals surface area contributed by atoms with Gasteiger partial charge in [-0.2, -0.15) is 0 Å². The van der Waals surface area contributed by atoms with Crippen molar-refractivity contribution in [3.63, 3.8) is 0 Å². The van der Waals surface area contributed by atoms with Crippen LogP contribution < -0.4 is 0 Å². The van der Waals surface area contributed by atoms with E-state index in [4.69, 9.17) is 44.3 Å². The quantitative estimate of drug-likeness (QED) is 0.281. The highest BCUT2D eigenvalue weighted by Gasteiger charge is 2.48. The van der Waals surface area contributed by atoms with Crippen molar-refractivity contribution in [2.24, 2.45) is 0 Å². The Balaban J connectivity index is 0.000000151. The third kappa shape index (κ3) is 5.39. The van der Waals surface area contributed by atoms with Crippen LogP contribution in [-0.4, -0.2) is 13.4 Å². The van der Waals surface area contributed by atoms with E-state index < -0.39 is 13.4 Å². The average Bonchev–Trinajstić information content (AvgIpc) is 3.47. The van der Waals surface area contributed by atoms with Crippen LogP contribution in [0.2, 0.25) is 22.2 Å². The number of rotatable bonds is 4. The summed E-state index contributed by atoms with van der Waals surface area (Å²) in [5.74, 6) is 0. The second kappa shape index (κ2) is 10.1. The van der Waals surface area contributed by atoms with Gasteiger partial charge in [0.1, 0.15) is 0 Å². The number of hydrogen-bond donors (Lipinski definition) is 0. The van der Waals surface area contributed by atoms with E-state index >= 15 is 0 Å². The first kappa shape index (κ1) is 22.3. The number of halogens is 4. The minimum Gasteiger partial charge on any atom is -0.145 e. The molecule has 0 radical (unpaired) electrons. The second-order valence-corrected chi connectivity index (χ2v) is 23.9. The SMILES string of the molecule is Cl[Si](Cl)(C1CCCC1)C1CCCC1.Cl[Si](Cl)(C1CCCC1)C1CCCC1. The van der Waals surface area contributed by atoms with E-state index in [1.165, 1.54) is 103 Å². The molecule has 4 saturated carbocycles. The third-order valence-corrected chi connectivity index (χ3v) is 21.7. The smallest absolute Gasteiger partial charge is 0.145 e. The summed E-state index contributed by atoms with van der Waals surface area (Å²) in [5, 5.41) is 0. The molecule has 0 spiro atoms. The molecule has 0 heterocycles. The average molecular weight is 474 g/mol. The maximum atomic E-state index is 6.65. The molecule has 0 aromatic rings. The Morgan fingerprint density at radius 3 is 0.654 bits per heavy atom. The molecule has 26 heavy (non-hydrogen) atoms. The Bertz CT molecular complexity index is 344. The van der Waals surface area contributed by atoms with Gasteiger partial charge in [-0.3, -0.25) is 0 Å². The summed E-state index contributed by atoms with van der Waals surface area (Å²) in [4.78, 5) is 0. The van der Waals surface area contributed by atoms with E-state index in [9.17, 15) is 0 Å². The second-order valence-electron chi connectivity index (χ2n) is 9.27. The molecule has 0 amide bonds. The van der Waals surface area contributed by atoms with Gasteiger partial charge in [0.15, 0.2) is 0 Å². The van der Waals surface area contributed by atoms with Crippen LogP contribution in [-0.2, 0) is 0 Å². The van der Waals surface area contributed by atoms with E-state index in [1.54, 1.807) is 0 Å². The number of hydrogen-bond acceptors (Lipinski definition) is 0. The van der Waals surface area contributed by atoms with Gasteiger partial charge in [-0.05, 0) is 22.2 Å². The summed E-state index contributed by atoms with van der Waals surface area (Å²) >= 11 is 26.6. The van der Waals surface area contributed by atoms with Crippen LogP contribution >= 0.6 is 44.3 Å². The summed E-state index contributed by atoms with van der Waals surface area (Å²) < 4.78 is 0. The summed E-state index contributed by atoms with van der Waals surface area (Å²) in [5.41, 5.74) is 2.88. The van der Waals surface area contributed by atoms with Crippen molar-refractivity contribution in [1.82, 2.24) is 0 Å². The van der Waals surface area contributed by atoms with Gasteiger partial charge in [0.05, 0.1) is 0 Å². The summed E-state index contributed by atoms with van der Waals surface area (Å²) in [6.07, 6.45) is 21.5. The van der Waals surface area contributed by atoms with Crippen molar-refractivity contribution >= 4 is 57.7 Å². The van der Waals surface area contributed by atoms with Crippen LogP contribution in [0, 0.1) is 0 Å². The Labute approximate surface area is 181 Å². The highest BCUT2D eigenvalue weighted by molar-refractivity contribution is 7.47. The zero-order chi connectivity index (χ0) is 18.6. The highest BCUT2D eigenvalue weighted by atomic mass is 35.7. The Morgan fingerprint density at radius 2 is 0.500 bits per heavy atom. The summed E-state index contributed by atoms with van der Waals surface area (Å²) in [7, 11) is 0. The zero-order valence-electron chi connectivity index (χ0n) is 16.1. The van der Waals surface area contributed by atoms with Gasteiger partial charge in [0.25, 0.3) is 13.4 Å². The fourth-order valence-electron chi connectivity index (χ4n) is 5.91. The molecule has 4 aliphatic rings. The van der Waals surface area contributed by atoms with Gasteiger partial charge < -0.3 is 0 Å². The normalized spacial score (nSPS) is 27.2. The fourth-order valence-corrected chi connectivity index (χ4v) is 17.2. The van der Waals surface area contributed by atoms with Gasteiger partial charge >= 0.3 is 0 Å².